The Kier molecular flexibility index (Phi) is 5.36. The summed E-state index contributed by atoms with van der Waals surface area (Å²) in [7, 11) is 1.58. The number of methoxy groups -OCH3 is 1. The van der Waals surface area contributed by atoms with E-state index in [1.54, 1.807) is 55.6 Å². The summed E-state index contributed by atoms with van der Waals surface area (Å²) in [5, 5.41) is 5.61. The predicted molar refractivity (Wildman–Crippen MR) is 90.9 cm³/mol. The van der Waals surface area contributed by atoms with Crippen LogP contribution < -0.4 is 15.4 Å². The van der Waals surface area contributed by atoms with Crippen LogP contribution in [0.2, 0.25) is 0 Å². The summed E-state index contributed by atoms with van der Waals surface area (Å²) in [4.78, 5) is 23.9. The van der Waals surface area contributed by atoms with Gasteiger partial charge in [0, 0.05) is 22.9 Å². The van der Waals surface area contributed by atoms with Crippen LogP contribution in [0.15, 0.2) is 48.5 Å². The molecular weight excluding hydrogens is 292 g/mol. The first kappa shape index (κ1) is 16.5. The highest BCUT2D eigenvalue weighted by Crippen LogP contribution is 2.18. The minimum Gasteiger partial charge on any atom is -0.497 e. The van der Waals surface area contributed by atoms with Crippen LogP contribution in [0.4, 0.5) is 11.4 Å². The number of nitrogens with one attached hydrogen (secondary N) is 2. The van der Waals surface area contributed by atoms with Gasteiger partial charge in [-0.1, -0.05) is 19.9 Å². The number of amides is 2. The smallest absolute Gasteiger partial charge is 0.255 e. The molecule has 0 saturated carbocycles. The Morgan fingerprint density at radius 2 is 1.57 bits per heavy atom. The Bertz CT molecular complexity index is 694. The molecule has 0 aliphatic rings. The highest BCUT2D eigenvalue weighted by atomic mass is 16.5. The zero-order valence-electron chi connectivity index (χ0n) is 13.4. The van der Waals surface area contributed by atoms with Crippen molar-refractivity contribution < 1.29 is 14.3 Å². The summed E-state index contributed by atoms with van der Waals surface area (Å²) in [5.74, 6) is 0.302. The summed E-state index contributed by atoms with van der Waals surface area (Å²) < 4.78 is 5.07. The third-order valence-corrected chi connectivity index (χ3v) is 3.26. The highest BCUT2D eigenvalue weighted by Gasteiger charge is 2.09. The van der Waals surface area contributed by atoms with Gasteiger partial charge in [0.25, 0.3) is 5.91 Å². The van der Waals surface area contributed by atoms with Crippen LogP contribution in [0.3, 0.4) is 0 Å². The third kappa shape index (κ3) is 4.57. The Balaban J connectivity index is 2.07. The Morgan fingerprint density at radius 3 is 2.13 bits per heavy atom. The number of anilines is 2. The van der Waals surface area contributed by atoms with E-state index in [0.29, 0.717) is 22.7 Å². The minimum atomic E-state index is -0.222. The molecule has 0 unspecified atom stereocenters. The second kappa shape index (κ2) is 7.45. The maximum atomic E-state index is 12.2. The topological polar surface area (TPSA) is 67.4 Å². The summed E-state index contributed by atoms with van der Waals surface area (Å²) in [6.45, 7) is 3.65. The molecule has 0 atom stereocenters. The van der Waals surface area contributed by atoms with Gasteiger partial charge in [-0.2, -0.15) is 0 Å². The number of rotatable bonds is 5. The fourth-order valence-corrected chi connectivity index (χ4v) is 1.91. The van der Waals surface area contributed by atoms with Crippen LogP contribution in [0.25, 0.3) is 0 Å². The van der Waals surface area contributed by atoms with Gasteiger partial charge < -0.3 is 15.4 Å². The lowest BCUT2D eigenvalue weighted by Crippen LogP contribution is -2.18. The number of carbonyl (C=O) groups is 2. The summed E-state index contributed by atoms with van der Waals surface area (Å²) in [5.41, 5.74) is 1.80. The van der Waals surface area contributed by atoms with Crippen molar-refractivity contribution >= 4 is 23.2 Å². The van der Waals surface area contributed by atoms with Crippen molar-refractivity contribution in [3.05, 3.63) is 54.1 Å². The molecule has 0 heterocycles. The Hall–Kier alpha value is -2.82. The summed E-state index contributed by atoms with van der Waals surface area (Å²) in [6, 6.07) is 13.9. The highest BCUT2D eigenvalue weighted by molar-refractivity contribution is 6.04. The molecule has 5 heteroatoms. The van der Waals surface area contributed by atoms with Crippen molar-refractivity contribution in [2.75, 3.05) is 17.7 Å². The predicted octanol–water partition coefficient (Wildman–Crippen LogP) is 3.54. The van der Waals surface area contributed by atoms with Crippen molar-refractivity contribution in [3.63, 3.8) is 0 Å². The van der Waals surface area contributed by atoms with Gasteiger partial charge in [-0.15, -0.1) is 0 Å². The van der Waals surface area contributed by atoms with E-state index in [-0.39, 0.29) is 17.7 Å². The Morgan fingerprint density at radius 1 is 0.957 bits per heavy atom. The van der Waals surface area contributed by atoms with Crippen molar-refractivity contribution in [1.29, 1.82) is 0 Å². The van der Waals surface area contributed by atoms with E-state index in [1.807, 2.05) is 13.8 Å². The molecule has 2 aromatic rings. The summed E-state index contributed by atoms with van der Waals surface area (Å²) in [6.07, 6.45) is 0. The van der Waals surface area contributed by atoms with E-state index in [4.69, 9.17) is 4.74 Å². The van der Waals surface area contributed by atoms with Gasteiger partial charge in [0.1, 0.15) is 5.75 Å². The Labute approximate surface area is 135 Å². The molecule has 5 nitrogen and oxygen atoms in total. The fraction of sp³-hybridized carbons (Fsp3) is 0.222. The van der Waals surface area contributed by atoms with Crippen molar-refractivity contribution in [3.8, 4) is 5.75 Å². The second-order valence-electron chi connectivity index (χ2n) is 5.41. The molecule has 0 fully saturated rings. The average molecular weight is 312 g/mol. The van der Waals surface area contributed by atoms with Crippen molar-refractivity contribution in [2.24, 2.45) is 5.92 Å². The molecule has 0 radical (unpaired) electrons. The number of hydrogen-bond acceptors (Lipinski definition) is 3. The standard InChI is InChI=1S/C18H20N2O3/c1-12(2)17(21)19-14-5-4-6-15(11-14)20-18(22)13-7-9-16(23-3)10-8-13/h4-12H,1-3H3,(H,19,21)(H,20,22). The molecule has 2 amide bonds. The zero-order chi connectivity index (χ0) is 16.8. The molecular formula is C18H20N2O3. The lowest BCUT2D eigenvalue weighted by molar-refractivity contribution is -0.118. The van der Waals surface area contributed by atoms with Gasteiger partial charge in [-0.05, 0) is 42.5 Å². The van der Waals surface area contributed by atoms with E-state index < -0.39 is 0 Å². The van der Waals surface area contributed by atoms with Crippen LogP contribution in [0, 0.1) is 5.92 Å². The van der Waals surface area contributed by atoms with E-state index >= 15 is 0 Å². The first-order valence-corrected chi connectivity index (χ1v) is 7.36. The molecule has 2 rings (SSSR count). The van der Waals surface area contributed by atoms with Crippen molar-refractivity contribution in [1.82, 2.24) is 0 Å². The summed E-state index contributed by atoms with van der Waals surface area (Å²) >= 11 is 0. The van der Waals surface area contributed by atoms with Crippen molar-refractivity contribution in [2.45, 2.75) is 13.8 Å². The number of carbonyl (C=O) groups excluding carboxylic acids is 2. The largest absolute Gasteiger partial charge is 0.497 e. The quantitative estimate of drug-likeness (QED) is 0.887. The first-order valence-electron chi connectivity index (χ1n) is 7.36. The molecule has 0 aliphatic carbocycles. The SMILES string of the molecule is COc1ccc(C(=O)Nc2cccc(NC(=O)C(C)C)c2)cc1. The monoisotopic (exact) mass is 312 g/mol. The molecule has 120 valence electrons. The second-order valence-corrected chi connectivity index (χ2v) is 5.41. The molecule has 2 N–H and O–H groups in total. The molecule has 0 bridgehead atoms. The molecule has 2 aromatic carbocycles. The number of hydrogen-bond donors (Lipinski definition) is 2. The van der Waals surface area contributed by atoms with Gasteiger partial charge in [0.2, 0.25) is 5.91 Å². The molecule has 0 spiro atoms. The minimum absolute atomic E-state index is 0.0661. The first-order chi connectivity index (χ1) is 11.0. The van der Waals surface area contributed by atoms with Gasteiger partial charge in [0.05, 0.1) is 7.11 Å². The van der Waals surface area contributed by atoms with Crippen LogP contribution in [0.1, 0.15) is 24.2 Å². The maximum absolute atomic E-state index is 12.2. The third-order valence-electron chi connectivity index (χ3n) is 3.26. The maximum Gasteiger partial charge on any atom is 0.255 e. The van der Waals surface area contributed by atoms with E-state index in [0.717, 1.165) is 0 Å². The van der Waals surface area contributed by atoms with Crippen LogP contribution in [0.5, 0.6) is 5.75 Å². The van der Waals surface area contributed by atoms with Gasteiger partial charge >= 0.3 is 0 Å². The van der Waals surface area contributed by atoms with Gasteiger partial charge in [0.15, 0.2) is 0 Å². The number of ether oxygens (including phenoxy) is 1. The van der Waals surface area contributed by atoms with Crippen LogP contribution in [-0.4, -0.2) is 18.9 Å². The molecule has 0 saturated heterocycles. The lowest BCUT2D eigenvalue weighted by Gasteiger charge is -2.10. The van der Waals surface area contributed by atoms with E-state index in [9.17, 15) is 9.59 Å². The normalized spacial score (nSPS) is 10.3. The van der Waals surface area contributed by atoms with Crippen LogP contribution in [-0.2, 0) is 4.79 Å². The number of benzene rings is 2. The lowest BCUT2D eigenvalue weighted by atomic mass is 10.2. The zero-order valence-corrected chi connectivity index (χ0v) is 13.4. The molecule has 0 aromatic heterocycles. The van der Waals surface area contributed by atoms with E-state index in [1.165, 1.54) is 0 Å². The molecule has 23 heavy (non-hydrogen) atoms. The van der Waals surface area contributed by atoms with Gasteiger partial charge in [-0.3, -0.25) is 9.59 Å². The fourth-order valence-electron chi connectivity index (χ4n) is 1.91. The average Bonchev–Trinajstić information content (AvgIpc) is 2.55. The van der Waals surface area contributed by atoms with Gasteiger partial charge in [-0.25, -0.2) is 0 Å². The van der Waals surface area contributed by atoms with Crippen LogP contribution >= 0.6 is 0 Å². The van der Waals surface area contributed by atoms with E-state index in [2.05, 4.69) is 10.6 Å². The molecule has 0 aliphatic heterocycles.